The summed E-state index contributed by atoms with van der Waals surface area (Å²) in [5.74, 6) is 0. The first-order valence-corrected chi connectivity index (χ1v) is 4.72. The molecule has 0 radical (unpaired) electrons. The van der Waals surface area contributed by atoms with E-state index in [4.69, 9.17) is 0 Å². The molecule has 1 heteroatoms. The zero-order valence-corrected chi connectivity index (χ0v) is 10.7. The molecule has 0 aliphatic heterocycles. The first-order valence-electron chi connectivity index (χ1n) is 4.72. The molecule has 0 atom stereocenters. The molecule has 0 saturated carbocycles. The van der Waals surface area contributed by atoms with Crippen LogP contribution in [0.15, 0.2) is 54.6 Å². The van der Waals surface area contributed by atoms with Gasteiger partial charge in [-0.3, -0.25) is 0 Å². The maximum Gasteiger partial charge on any atom is 1.00 e. The largest absolute Gasteiger partial charge is 1.00 e. The standard InChI is InChI=1S/C14H9.Na/c1-2-6-12-10-14-8-4-3-7-13(14)9-11(12)5-1;/h1-3,5-10H;/q-1;+1. The van der Waals surface area contributed by atoms with Gasteiger partial charge in [-0.15, -0.1) is 16.8 Å². The van der Waals surface area contributed by atoms with Crippen LogP contribution in [0, 0.1) is 6.07 Å². The smallest absolute Gasteiger partial charge is 0.183 e. The Morgan fingerprint density at radius 3 is 2.07 bits per heavy atom. The number of fused-ring (bicyclic) bond motifs is 2. The van der Waals surface area contributed by atoms with E-state index in [0.29, 0.717) is 0 Å². The molecule has 0 aliphatic rings. The second-order valence-corrected chi connectivity index (χ2v) is 3.47. The predicted molar refractivity (Wildman–Crippen MR) is 60.3 cm³/mol. The summed E-state index contributed by atoms with van der Waals surface area (Å²) in [5, 5.41) is 5.12. The molecule has 0 bridgehead atoms. The van der Waals surface area contributed by atoms with Crippen molar-refractivity contribution < 1.29 is 29.6 Å². The second kappa shape index (κ2) is 4.36. The van der Waals surface area contributed by atoms with Gasteiger partial charge in [-0.2, -0.15) is 24.3 Å². The summed E-state index contributed by atoms with van der Waals surface area (Å²) in [6.45, 7) is 0. The van der Waals surface area contributed by atoms with E-state index >= 15 is 0 Å². The number of benzene rings is 3. The summed E-state index contributed by atoms with van der Waals surface area (Å²) < 4.78 is 0. The Morgan fingerprint density at radius 1 is 0.733 bits per heavy atom. The molecule has 0 amide bonds. The maximum absolute atomic E-state index is 3.10. The third-order valence-electron chi connectivity index (χ3n) is 2.55. The second-order valence-electron chi connectivity index (χ2n) is 3.47. The molecule has 66 valence electrons. The van der Waals surface area contributed by atoms with Crippen LogP contribution in [0.3, 0.4) is 0 Å². The van der Waals surface area contributed by atoms with Crippen molar-refractivity contribution in [1.82, 2.24) is 0 Å². The maximum atomic E-state index is 3.10. The SMILES string of the molecule is [Na+].[c-]1ccc2cc3ccccc3cc2c1. The van der Waals surface area contributed by atoms with Crippen molar-refractivity contribution in [2.24, 2.45) is 0 Å². The van der Waals surface area contributed by atoms with Crippen molar-refractivity contribution in [3.8, 4) is 0 Å². The first kappa shape index (κ1) is 10.7. The third kappa shape index (κ3) is 1.93. The molecule has 3 rings (SSSR count). The normalized spacial score (nSPS) is 10.1. The molecule has 0 unspecified atom stereocenters. The van der Waals surface area contributed by atoms with Crippen LogP contribution in [0.4, 0.5) is 0 Å². The van der Waals surface area contributed by atoms with E-state index in [0.717, 1.165) is 0 Å². The topological polar surface area (TPSA) is 0 Å². The predicted octanol–water partition coefficient (Wildman–Crippen LogP) is 0.797. The van der Waals surface area contributed by atoms with Crippen molar-refractivity contribution >= 4 is 21.5 Å². The molecule has 0 aromatic heterocycles. The van der Waals surface area contributed by atoms with Crippen LogP contribution in [0.5, 0.6) is 0 Å². The zero-order chi connectivity index (χ0) is 9.38. The molecule has 0 aliphatic carbocycles. The third-order valence-corrected chi connectivity index (χ3v) is 2.55. The Hall–Kier alpha value is -0.820. The summed E-state index contributed by atoms with van der Waals surface area (Å²) in [6, 6.07) is 22.0. The van der Waals surface area contributed by atoms with E-state index in [1.807, 2.05) is 12.1 Å². The molecule has 0 N–H and O–H groups in total. The van der Waals surface area contributed by atoms with Gasteiger partial charge in [-0.25, -0.2) is 0 Å². The molecule has 15 heavy (non-hydrogen) atoms. The summed E-state index contributed by atoms with van der Waals surface area (Å²) in [7, 11) is 0. The van der Waals surface area contributed by atoms with Crippen molar-refractivity contribution in [2.45, 2.75) is 0 Å². The van der Waals surface area contributed by atoms with E-state index in [-0.39, 0.29) is 29.6 Å². The van der Waals surface area contributed by atoms with Gasteiger partial charge in [0.05, 0.1) is 0 Å². The minimum Gasteiger partial charge on any atom is -0.183 e. The number of hydrogen-bond acceptors (Lipinski definition) is 0. The van der Waals surface area contributed by atoms with Gasteiger partial charge >= 0.3 is 29.6 Å². The van der Waals surface area contributed by atoms with Gasteiger partial charge in [-0.05, 0) is 10.8 Å². The quantitative estimate of drug-likeness (QED) is 0.286. The van der Waals surface area contributed by atoms with Crippen molar-refractivity contribution in [3.05, 3.63) is 60.7 Å². The molecule has 0 heterocycles. The van der Waals surface area contributed by atoms with Crippen molar-refractivity contribution in [2.75, 3.05) is 0 Å². The van der Waals surface area contributed by atoms with Gasteiger partial charge in [-0.1, -0.05) is 30.3 Å². The van der Waals surface area contributed by atoms with E-state index < -0.39 is 0 Å². The van der Waals surface area contributed by atoms with Gasteiger partial charge in [0.25, 0.3) is 0 Å². The average molecular weight is 200 g/mol. The Labute approximate surface area is 111 Å². The summed E-state index contributed by atoms with van der Waals surface area (Å²) in [4.78, 5) is 0. The van der Waals surface area contributed by atoms with E-state index in [1.54, 1.807) is 0 Å². The Balaban J connectivity index is 0.000000853. The number of hydrogen-bond donors (Lipinski definition) is 0. The molecular formula is C14H9Na. The average Bonchev–Trinajstić information content (AvgIpc) is 2.26. The molecular weight excluding hydrogens is 191 g/mol. The zero-order valence-electron chi connectivity index (χ0n) is 8.70. The van der Waals surface area contributed by atoms with Gasteiger partial charge in [0.2, 0.25) is 0 Å². The van der Waals surface area contributed by atoms with Crippen LogP contribution >= 0.6 is 0 Å². The minimum absolute atomic E-state index is 0. The monoisotopic (exact) mass is 200 g/mol. The minimum atomic E-state index is 0. The van der Waals surface area contributed by atoms with E-state index in [9.17, 15) is 0 Å². The van der Waals surface area contributed by atoms with Crippen LogP contribution in [0.25, 0.3) is 21.5 Å². The number of rotatable bonds is 0. The van der Waals surface area contributed by atoms with E-state index in [1.165, 1.54) is 21.5 Å². The summed E-state index contributed by atoms with van der Waals surface area (Å²) in [6.07, 6.45) is 0. The fourth-order valence-electron chi connectivity index (χ4n) is 1.82. The Morgan fingerprint density at radius 2 is 1.33 bits per heavy atom. The fourth-order valence-corrected chi connectivity index (χ4v) is 1.82. The van der Waals surface area contributed by atoms with Gasteiger partial charge in [0.1, 0.15) is 0 Å². The van der Waals surface area contributed by atoms with Crippen LogP contribution in [0.1, 0.15) is 0 Å². The van der Waals surface area contributed by atoms with Gasteiger partial charge in [0.15, 0.2) is 0 Å². The molecule has 3 aromatic rings. The molecule has 0 saturated heterocycles. The van der Waals surface area contributed by atoms with Gasteiger partial charge in [0, 0.05) is 0 Å². The molecule has 0 spiro atoms. The van der Waals surface area contributed by atoms with E-state index in [2.05, 4.69) is 48.5 Å². The van der Waals surface area contributed by atoms with Crippen molar-refractivity contribution in [1.29, 1.82) is 0 Å². The molecule has 0 fully saturated rings. The first-order chi connectivity index (χ1) is 6.93. The van der Waals surface area contributed by atoms with Crippen molar-refractivity contribution in [3.63, 3.8) is 0 Å². The Kier molecular flexibility index (Phi) is 3.11. The van der Waals surface area contributed by atoms with Crippen LogP contribution in [-0.2, 0) is 0 Å². The van der Waals surface area contributed by atoms with Crippen LogP contribution in [-0.4, -0.2) is 0 Å². The fraction of sp³-hybridized carbons (Fsp3) is 0. The molecule has 0 nitrogen and oxygen atoms in total. The Bertz CT molecular complexity index is 494. The summed E-state index contributed by atoms with van der Waals surface area (Å²) in [5.41, 5.74) is 0. The summed E-state index contributed by atoms with van der Waals surface area (Å²) >= 11 is 0. The van der Waals surface area contributed by atoms with Crippen LogP contribution < -0.4 is 29.6 Å². The van der Waals surface area contributed by atoms with Crippen LogP contribution in [0.2, 0.25) is 0 Å². The molecule has 3 aromatic carbocycles. The van der Waals surface area contributed by atoms with Gasteiger partial charge < -0.3 is 0 Å².